The van der Waals surface area contributed by atoms with E-state index >= 15 is 0 Å². The third-order valence-corrected chi connectivity index (χ3v) is 3.13. The van der Waals surface area contributed by atoms with Crippen LogP contribution in [0.5, 0.6) is 0 Å². The molecule has 0 bridgehead atoms. The molecule has 0 heterocycles. The Morgan fingerprint density at radius 3 is 2.21 bits per heavy atom. The molecule has 0 aliphatic heterocycles. The smallest absolute Gasteiger partial charge is 0.434 e. The predicted molar refractivity (Wildman–Crippen MR) is 72.3 cm³/mol. The van der Waals surface area contributed by atoms with Gasteiger partial charge in [-0.2, -0.15) is 0 Å². The number of amides is 3. The van der Waals surface area contributed by atoms with E-state index in [9.17, 15) is 9.59 Å². The summed E-state index contributed by atoms with van der Waals surface area (Å²) in [6, 6.07) is -0.141. The van der Waals surface area contributed by atoms with Crippen molar-refractivity contribution in [2.75, 3.05) is 21.1 Å². The molecule has 0 atom stereocenters. The standard InChI is InChI=1S/C12H22N4O3/c1-15(2)10(14-12(18)19)16(3)11(17)13-9-7-5-4-6-8-9/h9H,4-8H2,1-3H3,(H,13,17)(H,18,19)/b14-10-. The van der Waals surface area contributed by atoms with Crippen molar-refractivity contribution in [2.45, 2.75) is 38.1 Å². The zero-order valence-corrected chi connectivity index (χ0v) is 11.7. The van der Waals surface area contributed by atoms with Gasteiger partial charge >= 0.3 is 12.1 Å². The van der Waals surface area contributed by atoms with E-state index in [4.69, 9.17) is 5.11 Å². The van der Waals surface area contributed by atoms with Gasteiger partial charge in [0.05, 0.1) is 0 Å². The molecule has 2 N–H and O–H groups in total. The molecule has 1 rings (SSSR count). The van der Waals surface area contributed by atoms with E-state index in [2.05, 4.69) is 10.3 Å². The molecule has 0 aromatic carbocycles. The van der Waals surface area contributed by atoms with Crippen molar-refractivity contribution in [3.8, 4) is 0 Å². The van der Waals surface area contributed by atoms with Crippen molar-refractivity contribution in [2.24, 2.45) is 4.99 Å². The number of carbonyl (C=O) groups excluding carboxylic acids is 1. The molecular formula is C12H22N4O3. The minimum absolute atomic E-state index is 0.0980. The molecular weight excluding hydrogens is 248 g/mol. The maximum Gasteiger partial charge on any atom is 0.434 e. The Morgan fingerprint density at radius 2 is 1.74 bits per heavy atom. The average molecular weight is 270 g/mol. The molecule has 0 saturated heterocycles. The predicted octanol–water partition coefficient (Wildman–Crippen LogP) is 1.56. The summed E-state index contributed by atoms with van der Waals surface area (Å²) in [6.45, 7) is 0. The summed E-state index contributed by atoms with van der Waals surface area (Å²) in [6.07, 6.45) is 4.10. The fourth-order valence-electron chi connectivity index (χ4n) is 2.17. The second kappa shape index (κ2) is 6.96. The lowest BCUT2D eigenvalue weighted by Crippen LogP contribution is -2.50. The first-order valence-electron chi connectivity index (χ1n) is 6.45. The van der Waals surface area contributed by atoms with Gasteiger partial charge < -0.3 is 15.3 Å². The molecule has 0 radical (unpaired) electrons. The maximum atomic E-state index is 12.1. The summed E-state index contributed by atoms with van der Waals surface area (Å²) < 4.78 is 0. The second-order valence-electron chi connectivity index (χ2n) is 4.93. The molecule has 7 heteroatoms. The fourth-order valence-corrected chi connectivity index (χ4v) is 2.17. The molecule has 0 unspecified atom stereocenters. The largest absolute Gasteiger partial charge is 0.463 e. The lowest BCUT2D eigenvalue weighted by Gasteiger charge is -2.28. The molecule has 1 saturated carbocycles. The number of nitrogens with zero attached hydrogens (tertiary/aromatic N) is 3. The van der Waals surface area contributed by atoms with Gasteiger partial charge in [-0.1, -0.05) is 19.3 Å². The number of urea groups is 1. The normalized spacial score (nSPS) is 16.9. The topological polar surface area (TPSA) is 85.2 Å². The van der Waals surface area contributed by atoms with Gasteiger partial charge in [-0.25, -0.2) is 9.59 Å². The van der Waals surface area contributed by atoms with E-state index in [0.717, 1.165) is 25.7 Å². The van der Waals surface area contributed by atoms with Crippen molar-refractivity contribution in [3.05, 3.63) is 0 Å². The third-order valence-electron chi connectivity index (χ3n) is 3.13. The maximum absolute atomic E-state index is 12.1. The van der Waals surface area contributed by atoms with Crippen molar-refractivity contribution >= 4 is 18.1 Å². The zero-order chi connectivity index (χ0) is 14.4. The number of nitrogens with one attached hydrogen (secondary N) is 1. The van der Waals surface area contributed by atoms with Crippen LogP contribution in [-0.2, 0) is 0 Å². The van der Waals surface area contributed by atoms with E-state index in [1.54, 1.807) is 14.1 Å². The summed E-state index contributed by atoms with van der Waals surface area (Å²) in [5.41, 5.74) is 0. The molecule has 1 aliphatic rings. The molecule has 0 aromatic heterocycles. The van der Waals surface area contributed by atoms with Gasteiger partial charge in [-0.15, -0.1) is 4.99 Å². The molecule has 3 amide bonds. The summed E-state index contributed by atoms with van der Waals surface area (Å²) in [5.74, 6) is 0.0980. The van der Waals surface area contributed by atoms with E-state index in [1.807, 2.05) is 0 Å². The van der Waals surface area contributed by atoms with Gasteiger partial charge in [0, 0.05) is 27.2 Å². The van der Waals surface area contributed by atoms with Crippen LogP contribution in [0.15, 0.2) is 4.99 Å². The molecule has 7 nitrogen and oxygen atoms in total. The van der Waals surface area contributed by atoms with Crippen LogP contribution in [0.2, 0.25) is 0 Å². The van der Waals surface area contributed by atoms with Crippen molar-refractivity contribution < 1.29 is 14.7 Å². The Kier molecular flexibility index (Phi) is 5.59. The van der Waals surface area contributed by atoms with Crippen LogP contribution in [-0.4, -0.2) is 60.2 Å². The van der Waals surface area contributed by atoms with Crippen LogP contribution in [0.1, 0.15) is 32.1 Å². The SMILES string of the molecule is CN(C)/C(=N/C(=O)O)N(C)C(=O)NC1CCCCC1. The van der Waals surface area contributed by atoms with Crippen LogP contribution in [0.25, 0.3) is 0 Å². The van der Waals surface area contributed by atoms with Gasteiger partial charge in [-0.05, 0) is 12.8 Å². The highest BCUT2D eigenvalue weighted by molar-refractivity contribution is 5.99. The summed E-state index contributed by atoms with van der Waals surface area (Å²) >= 11 is 0. The van der Waals surface area contributed by atoms with Crippen LogP contribution < -0.4 is 5.32 Å². The highest BCUT2D eigenvalue weighted by atomic mass is 16.4. The first-order valence-corrected chi connectivity index (χ1v) is 6.45. The van der Waals surface area contributed by atoms with Gasteiger partial charge in [0.2, 0.25) is 5.96 Å². The van der Waals surface area contributed by atoms with Gasteiger partial charge in [0.1, 0.15) is 0 Å². The first-order chi connectivity index (χ1) is 8.91. The monoisotopic (exact) mass is 270 g/mol. The lowest BCUT2D eigenvalue weighted by atomic mass is 9.96. The Hall–Kier alpha value is -1.79. The van der Waals surface area contributed by atoms with Gasteiger partial charge in [-0.3, -0.25) is 4.90 Å². The zero-order valence-electron chi connectivity index (χ0n) is 11.7. The number of rotatable bonds is 1. The highest BCUT2D eigenvalue weighted by Gasteiger charge is 2.22. The molecule has 19 heavy (non-hydrogen) atoms. The third kappa shape index (κ3) is 4.76. The number of carbonyl (C=O) groups is 2. The summed E-state index contributed by atoms with van der Waals surface area (Å²) in [7, 11) is 4.80. The van der Waals surface area contributed by atoms with E-state index < -0.39 is 6.09 Å². The van der Waals surface area contributed by atoms with E-state index in [0.29, 0.717) is 0 Å². The van der Waals surface area contributed by atoms with Crippen molar-refractivity contribution in [1.82, 2.24) is 15.1 Å². The van der Waals surface area contributed by atoms with E-state index in [1.165, 1.54) is 23.3 Å². The minimum atomic E-state index is -1.32. The molecule has 1 fully saturated rings. The number of carboxylic acid groups (broad SMARTS) is 1. The Balaban J connectivity index is 2.65. The first kappa shape index (κ1) is 15.3. The number of guanidine groups is 1. The number of hydrogen-bond acceptors (Lipinski definition) is 2. The van der Waals surface area contributed by atoms with Crippen LogP contribution in [0, 0.1) is 0 Å². The van der Waals surface area contributed by atoms with Crippen LogP contribution in [0.4, 0.5) is 9.59 Å². The molecule has 0 aromatic rings. The van der Waals surface area contributed by atoms with E-state index in [-0.39, 0.29) is 18.0 Å². The number of hydrogen-bond donors (Lipinski definition) is 2. The average Bonchev–Trinajstić information content (AvgIpc) is 2.35. The Bertz CT molecular complexity index is 362. The van der Waals surface area contributed by atoms with Gasteiger partial charge in [0.15, 0.2) is 0 Å². The molecule has 1 aliphatic carbocycles. The Labute approximate surface area is 113 Å². The van der Waals surface area contributed by atoms with Gasteiger partial charge in [0.25, 0.3) is 0 Å². The quantitative estimate of drug-likeness (QED) is 0.559. The summed E-state index contributed by atoms with van der Waals surface area (Å²) in [4.78, 5) is 28.8. The second-order valence-corrected chi connectivity index (χ2v) is 4.93. The fraction of sp³-hybridized carbons (Fsp3) is 0.750. The lowest BCUT2D eigenvalue weighted by molar-refractivity contribution is 0.203. The summed E-state index contributed by atoms with van der Waals surface area (Å²) in [5, 5.41) is 11.6. The van der Waals surface area contributed by atoms with Crippen LogP contribution >= 0.6 is 0 Å². The molecule has 108 valence electrons. The van der Waals surface area contributed by atoms with Crippen molar-refractivity contribution in [3.63, 3.8) is 0 Å². The Morgan fingerprint density at radius 1 is 1.16 bits per heavy atom. The highest BCUT2D eigenvalue weighted by Crippen LogP contribution is 2.17. The number of aliphatic imine (C=N–C) groups is 1. The van der Waals surface area contributed by atoms with Crippen LogP contribution in [0.3, 0.4) is 0 Å². The van der Waals surface area contributed by atoms with Crippen molar-refractivity contribution in [1.29, 1.82) is 0 Å². The minimum Gasteiger partial charge on any atom is -0.463 e. The molecule has 0 spiro atoms.